The highest BCUT2D eigenvalue weighted by Crippen LogP contribution is 2.17. The predicted molar refractivity (Wildman–Crippen MR) is 51.6 cm³/mol. The number of hydrogen-bond donors (Lipinski definition) is 2. The Kier molecular flexibility index (Phi) is 3.43. The molecule has 0 amide bonds. The minimum atomic E-state index is -0.992. The Bertz CT molecular complexity index is 391. The summed E-state index contributed by atoms with van der Waals surface area (Å²) in [4.78, 5) is 0. The van der Waals surface area contributed by atoms with Crippen LogP contribution in [0, 0.1) is 23.5 Å². The Balaban J connectivity index is 3.08. The maximum atomic E-state index is 13.1. The summed E-state index contributed by atoms with van der Waals surface area (Å²) < 4.78 is 25.9. The number of rotatable bonds is 1. The van der Waals surface area contributed by atoms with Crippen LogP contribution in [0.1, 0.15) is 5.56 Å². The second kappa shape index (κ2) is 4.58. The summed E-state index contributed by atoms with van der Waals surface area (Å²) in [7, 11) is 1.71. The molecule has 0 aliphatic rings. The molecular formula is C10H10F2N2. The van der Waals surface area contributed by atoms with E-state index in [-0.39, 0.29) is 11.3 Å². The topological polar surface area (TPSA) is 38.0 Å². The van der Waals surface area contributed by atoms with E-state index in [4.69, 9.17) is 5.73 Å². The zero-order valence-electron chi connectivity index (χ0n) is 7.70. The zero-order chi connectivity index (χ0) is 10.6. The number of nitrogens with two attached hydrogens (primary N) is 1. The van der Waals surface area contributed by atoms with Crippen molar-refractivity contribution in [3.63, 3.8) is 0 Å². The van der Waals surface area contributed by atoms with Gasteiger partial charge in [-0.2, -0.15) is 0 Å². The zero-order valence-corrected chi connectivity index (χ0v) is 7.70. The van der Waals surface area contributed by atoms with Crippen LogP contribution in [0.25, 0.3) is 0 Å². The summed E-state index contributed by atoms with van der Waals surface area (Å²) in [5, 5.41) is 2.76. The minimum Gasteiger partial charge on any atom is -0.398 e. The number of benzene rings is 1. The van der Waals surface area contributed by atoms with Gasteiger partial charge in [-0.1, -0.05) is 11.8 Å². The number of hydrogen-bond acceptors (Lipinski definition) is 2. The largest absolute Gasteiger partial charge is 0.398 e. The molecule has 1 aromatic carbocycles. The van der Waals surface area contributed by atoms with Gasteiger partial charge in [-0.15, -0.1) is 0 Å². The maximum absolute atomic E-state index is 13.1. The van der Waals surface area contributed by atoms with Gasteiger partial charge in [0.05, 0.1) is 17.8 Å². The summed E-state index contributed by atoms with van der Waals surface area (Å²) in [6.45, 7) is 0.398. The number of anilines is 1. The first-order valence-electron chi connectivity index (χ1n) is 4.03. The number of nitrogens with one attached hydrogen (secondary N) is 1. The normalized spacial score (nSPS) is 9.36. The lowest BCUT2D eigenvalue weighted by Crippen LogP contribution is -2.05. The molecule has 0 radical (unpaired) electrons. The highest BCUT2D eigenvalue weighted by atomic mass is 19.2. The fraction of sp³-hybridized carbons (Fsp3) is 0.200. The first-order chi connectivity index (χ1) is 6.66. The first-order valence-corrected chi connectivity index (χ1v) is 4.03. The van der Waals surface area contributed by atoms with E-state index in [9.17, 15) is 8.78 Å². The molecule has 1 aromatic rings. The molecule has 0 saturated heterocycles. The summed E-state index contributed by atoms with van der Waals surface area (Å²) in [5.74, 6) is 3.15. The Morgan fingerprint density at radius 2 is 2.14 bits per heavy atom. The smallest absolute Gasteiger partial charge is 0.176 e. The number of nitrogen functional groups attached to an aromatic ring is 1. The Labute approximate surface area is 81.1 Å². The van der Waals surface area contributed by atoms with Crippen LogP contribution in [0.4, 0.5) is 14.5 Å². The second-order valence-electron chi connectivity index (χ2n) is 2.66. The summed E-state index contributed by atoms with van der Waals surface area (Å²) in [5.41, 5.74) is 5.51. The van der Waals surface area contributed by atoms with Crippen molar-refractivity contribution < 1.29 is 8.78 Å². The molecule has 4 heteroatoms. The van der Waals surface area contributed by atoms with Crippen molar-refractivity contribution in [2.24, 2.45) is 0 Å². The standard InChI is InChI=1S/C10H10F2N2/c1-14-6-2-3-7-9(13)5-4-8(11)10(7)12/h4-5,14H,6,13H2,1H3. The summed E-state index contributed by atoms with van der Waals surface area (Å²) >= 11 is 0. The molecule has 3 N–H and O–H groups in total. The molecule has 0 spiro atoms. The van der Waals surface area contributed by atoms with Crippen molar-refractivity contribution in [3.05, 3.63) is 29.3 Å². The molecule has 0 aliphatic heterocycles. The van der Waals surface area contributed by atoms with E-state index in [2.05, 4.69) is 17.2 Å². The van der Waals surface area contributed by atoms with Gasteiger partial charge in [-0.3, -0.25) is 0 Å². The van der Waals surface area contributed by atoms with Gasteiger partial charge in [0.1, 0.15) is 0 Å². The van der Waals surface area contributed by atoms with Crippen LogP contribution < -0.4 is 11.1 Å². The molecular weight excluding hydrogens is 186 g/mol. The van der Waals surface area contributed by atoms with Crippen molar-refractivity contribution in [2.75, 3.05) is 19.3 Å². The lowest BCUT2D eigenvalue weighted by Gasteiger charge is -2.00. The quantitative estimate of drug-likeness (QED) is 0.521. The van der Waals surface area contributed by atoms with Gasteiger partial charge in [0.25, 0.3) is 0 Å². The van der Waals surface area contributed by atoms with Gasteiger partial charge >= 0.3 is 0 Å². The molecule has 74 valence electrons. The van der Waals surface area contributed by atoms with Gasteiger partial charge in [-0.25, -0.2) is 8.78 Å². The van der Waals surface area contributed by atoms with E-state index in [0.29, 0.717) is 6.54 Å². The van der Waals surface area contributed by atoms with Crippen molar-refractivity contribution in [1.82, 2.24) is 5.32 Å². The average molecular weight is 196 g/mol. The molecule has 1 rings (SSSR count). The molecule has 14 heavy (non-hydrogen) atoms. The van der Waals surface area contributed by atoms with Gasteiger partial charge < -0.3 is 11.1 Å². The van der Waals surface area contributed by atoms with E-state index in [1.807, 2.05) is 0 Å². The molecule has 0 aliphatic carbocycles. The van der Waals surface area contributed by atoms with Crippen LogP contribution in [0.3, 0.4) is 0 Å². The third-order valence-electron chi connectivity index (χ3n) is 1.61. The third-order valence-corrected chi connectivity index (χ3v) is 1.61. The molecule has 0 unspecified atom stereocenters. The summed E-state index contributed by atoms with van der Waals surface area (Å²) in [6.07, 6.45) is 0. The van der Waals surface area contributed by atoms with E-state index < -0.39 is 11.6 Å². The fourth-order valence-corrected chi connectivity index (χ4v) is 0.914. The van der Waals surface area contributed by atoms with Crippen molar-refractivity contribution in [2.45, 2.75) is 0 Å². The van der Waals surface area contributed by atoms with E-state index in [0.717, 1.165) is 6.07 Å². The van der Waals surface area contributed by atoms with Crippen LogP contribution in [-0.2, 0) is 0 Å². The van der Waals surface area contributed by atoms with E-state index in [1.165, 1.54) is 6.07 Å². The maximum Gasteiger partial charge on any atom is 0.176 e. The number of halogens is 2. The molecule has 0 bridgehead atoms. The van der Waals surface area contributed by atoms with Gasteiger partial charge in [0.15, 0.2) is 11.6 Å². The van der Waals surface area contributed by atoms with Crippen LogP contribution in [0.15, 0.2) is 12.1 Å². The Morgan fingerprint density at radius 3 is 2.79 bits per heavy atom. The molecule has 0 heterocycles. The lowest BCUT2D eigenvalue weighted by atomic mass is 10.1. The highest BCUT2D eigenvalue weighted by molar-refractivity contribution is 5.56. The van der Waals surface area contributed by atoms with Crippen LogP contribution in [0.5, 0.6) is 0 Å². The third kappa shape index (κ3) is 2.21. The Morgan fingerprint density at radius 1 is 1.43 bits per heavy atom. The van der Waals surface area contributed by atoms with Crippen LogP contribution in [0.2, 0.25) is 0 Å². The average Bonchev–Trinajstić information content (AvgIpc) is 2.18. The van der Waals surface area contributed by atoms with Gasteiger partial charge in [0.2, 0.25) is 0 Å². The van der Waals surface area contributed by atoms with Gasteiger partial charge in [-0.05, 0) is 19.2 Å². The first kappa shape index (κ1) is 10.5. The molecule has 2 nitrogen and oxygen atoms in total. The molecule has 0 fully saturated rings. The molecule has 0 aromatic heterocycles. The second-order valence-corrected chi connectivity index (χ2v) is 2.66. The molecule has 0 atom stereocenters. The van der Waals surface area contributed by atoms with Crippen molar-refractivity contribution >= 4 is 5.69 Å². The van der Waals surface area contributed by atoms with Crippen LogP contribution >= 0.6 is 0 Å². The van der Waals surface area contributed by atoms with Crippen LogP contribution in [-0.4, -0.2) is 13.6 Å². The minimum absolute atomic E-state index is 0.0831. The fourth-order valence-electron chi connectivity index (χ4n) is 0.914. The van der Waals surface area contributed by atoms with Crippen molar-refractivity contribution in [3.8, 4) is 11.8 Å². The van der Waals surface area contributed by atoms with E-state index >= 15 is 0 Å². The Hall–Kier alpha value is -1.60. The van der Waals surface area contributed by atoms with E-state index in [1.54, 1.807) is 7.05 Å². The lowest BCUT2D eigenvalue weighted by molar-refractivity contribution is 0.507. The summed E-state index contributed by atoms with van der Waals surface area (Å²) in [6, 6.07) is 2.27. The van der Waals surface area contributed by atoms with Crippen molar-refractivity contribution in [1.29, 1.82) is 0 Å². The monoisotopic (exact) mass is 196 g/mol. The van der Waals surface area contributed by atoms with Gasteiger partial charge in [0, 0.05) is 0 Å². The highest BCUT2D eigenvalue weighted by Gasteiger charge is 2.08. The SMILES string of the molecule is CNCC#Cc1c(N)ccc(F)c1F. The molecule has 0 saturated carbocycles. The predicted octanol–water partition coefficient (Wildman–Crippen LogP) is 1.12.